The molecule has 3 N–H and O–H groups in total. The molecule has 0 saturated carbocycles. The van der Waals surface area contributed by atoms with E-state index in [1.54, 1.807) is 0 Å². The molecular formula is C22H27ClN4O2S. The van der Waals surface area contributed by atoms with Crippen molar-refractivity contribution in [1.82, 2.24) is 4.90 Å². The fourth-order valence-corrected chi connectivity index (χ4v) is 5.76. The number of thiophene rings is 1. The van der Waals surface area contributed by atoms with Crippen molar-refractivity contribution >= 4 is 45.4 Å². The lowest BCUT2D eigenvalue weighted by molar-refractivity contribution is -0.116. The van der Waals surface area contributed by atoms with Gasteiger partial charge in [-0.3, -0.25) is 14.5 Å². The quantitative estimate of drug-likeness (QED) is 0.711. The molecule has 1 saturated heterocycles. The van der Waals surface area contributed by atoms with E-state index in [2.05, 4.69) is 21.2 Å². The molecule has 30 heavy (non-hydrogen) atoms. The minimum absolute atomic E-state index is 0.0617. The van der Waals surface area contributed by atoms with E-state index in [4.69, 9.17) is 17.3 Å². The highest BCUT2D eigenvalue weighted by molar-refractivity contribution is 7.17. The number of carbonyl (C=O) groups excluding carboxylic acids is 2. The summed E-state index contributed by atoms with van der Waals surface area (Å²) in [5, 5.41) is 4.33. The van der Waals surface area contributed by atoms with Crippen LogP contribution >= 0.6 is 22.9 Å². The van der Waals surface area contributed by atoms with Crippen LogP contribution in [0.3, 0.4) is 0 Å². The van der Waals surface area contributed by atoms with Crippen LogP contribution in [0, 0.1) is 0 Å². The second kappa shape index (κ2) is 9.37. The Labute approximate surface area is 186 Å². The number of nitrogens with two attached hydrogens (primary N) is 1. The van der Waals surface area contributed by atoms with Crippen LogP contribution in [0.1, 0.15) is 40.1 Å². The molecule has 0 atom stereocenters. The highest BCUT2D eigenvalue weighted by Gasteiger charge is 2.25. The van der Waals surface area contributed by atoms with Crippen molar-refractivity contribution in [2.45, 2.75) is 32.1 Å². The number of amides is 2. The van der Waals surface area contributed by atoms with Crippen molar-refractivity contribution in [1.29, 1.82) is 0 Å². The lowest BCUT2D eigenvalue weighted by Gasteiger charge is -2.36. The maximum atomic E-state index is 12.6. The summed E-state index contributed by atoms with van der Waals surface area (Å²) >= 11 is 7.61. The molecule has 6 nitrogen and oxygen atoms in total. The number of benzene rings is 1. The first kappa shape index (κ1) is 21.2. The van der Waals surface area contributed by atoms with Gasteiger partial charge in [-0.25, -0.2) is 0 Å². The number of anilines is 2. The Morgan fingerprint density at radius 2 is 1.90 bits per heavy atom. The number of nitrogens with one attached hydrogen (secondary N) is 1. The van der Waals surface area contributed by atoms with Gasteiger partial charge >= 0.3 is 0 Å². The Bertz CT molecular complexity index is 937. The number of carbonyl (C=O) groups is 2. The Hall–Kier alpha value is -2.09. The predicted octanol–water partition coefficient (Wildman–Crippen LogP) is 3.53. The zero-order valence-corrected chi connectivity index (χ0v) is 18.5. The van der Waals surface area contributed by atoms with Crippen LogP contribution in [-0.4, -0.2) is 49.4 Å². The summed E-state index contributed by atoms with van der Waals surface area (Å²) in [5.41, 5.74) is 8.33. The van der Waals surface area contributed by atoms with Crippen LogP contribution in [0.5, 0.6) is 0 Å². The van der Waals surface area contributed by atoms with Crippen LogP contribution in [0.2, 0.25) is 5.02 Å². The van der Waals surface area contributed by atoms with Crippen molar-refractivity contribution in [3.63, 3.8) is 0 Å². The van der Waals surface area contributed by atoms with Gasteiger partial charge in [-0.1, -0.05) is 17.7 Å². The van der Waals surface area contributed by atoms with Crippen LogP contribution < -0.4 is 16.0 Å². The molecular weight excluding hydrogens is 420 g/mol. The number of nitrogens with zero attached hydrogens (tertiary/aromatic N) is 2. The highest BCUT2D eigenvalue weighted by atomic mass is 35.5. The Balaban J connectivity index is 1.29. The number of halogens is 1. The molecule has 0 radical (unpaired) electrons. The first-order valence-electron chi connectivity index (χ1n) is 10.5. The maximum absolute atomic E-state index is 12.6. The third-order valence-corrected chi connectivity index (χ3v) is 7.31. The minimum Gasteiger partial charge on any atom is -0.369 e. The summed E-state index contributed by atoms with van der Waals surface area (Å²) in [4.78, 5) is 30.3. The van der Waals surface area contributed by atoms with Crippen molar-refractivity contribution in [3.05, 3.63) is 45.3 Å². The molecule has 1 aromatic heterocycles. The molecule has 0 spiro atoms. The average Bonchev–Trinajstić information content (AvgIpc) is 3.10. The summed E-state index contributed by atoms with van der Waals surface area (Å²) in [6.45, 7) is 4.32. The van der Waals surface area contributed by atoms with Crippen LogP contribution in [0.25, 0.3) is 0 Å². The predicted molar refractivity (Wildman–Crippen MR) is 123 cm³/mol. The molecule has 2 heterocycles. The smallest absolute Gasteiger partial charge is 0.251 e. The third-order valence-electron chi connectivity index (χ3n) is 5.87. The summed E-state index contributed by atoms with van der Waals surface area (Å²) in [6, 6.07) is 7.91. The fraction of sp³-hybridized carbons (Fsp3) is 0.455. The summed E-state index contributed by atoms with van der Waals surface area (Å²) in [6.07, 6.45) is 4.43. The van der Waals surface area contributed by atoms with E-state index < -0.39 is 5.91 Å². The van der Waals surface area contributed by atoms with E-state index in [0.717, 1.165) is 68.1 Å². The van der Waals surface area contributed by atoms with Crippen molar-refractivity contribution in [3.8, 4) is 0 Å². The molecule has 2 amide bonds. The van der Waals surface area contributed by atoms with Gasteiger partial charge in [0.2, 0.25) is 5.91 Å². The molecule has 1 aromatic carbocycles. The summed E-state index contributed by atoms with van der Waals surface area (Å²) in [5.74, 6) is -0.504. The Morgan fingerprint density at radius 1 is 1.13 bits per heavy atom. The normalized spacial score (nSPS) is 16.9. The van der Waals surface area contributed by atoms with Gasteiger partial charge in [0.05, 0.1) is 5.56 Å². The number of aryl methyl sites for hydroxylation is 1. The zero-order chi connectivity index (χ0) is 21.1. The van der Waals surface area contributed by atoms with Crippen molar-refractivity contribution in [2.75, 3.05) is 42.9 Å². The molecule has 0 bridgehead atoms. The van der Waals surface area contributed by atoms with Gasteiger partial charge in [0.15, 0.2) is 0 Å². The zero-order valence-electron chi connectivity index (χ0n) is 17.0. The minimum atomic E-state index is -0.443. The van der Waals surface area contributed by atoms with Crippen LogP contribution in [0.15, 0.2) is 24.3 Å². The van der Waals surface area contributed by atoms with E-state index >= 15 is 0 Å². The van der Waals surface area contributed by atoms with E-state index in [1.807, 2.05) is 18.2 Å². The highest BCUT2D eigenvalue weighted by Crippen LogP contribution is 2.37. The number of rotatable bonds is 6. The molecule has 4 rings (SSSR count). The first-order valence-corrected chi connectivity index (χ1v) is 11.7. The molecule has 1 aliphatic heterocycles. The number of hydrogen-bond donors (Lipinski definition) is 2. The summed E-state index contributed by atoms with van der Waals surface area (Å²) in [7, 11) is 0. The maximum Gasteiger partial charge on any atom is 0.251 e. The largest absolute Gasteiger partial charge is 0.369 e. The van der Waals surface area contributed by atoms with Gasteiger partial charge < -0.3 is 16.0 Å². The SMILES string of the molecule is NC(=O)c1c(NC(=O)CCN2CCN(c3cccc(Cl)c3)CC2)sc2c1CCCC2. The molecule has 0 unspecified atom stereocenters. The fourth-order valence-electron chi connectivity index (χ4n) is 4.27. The third kappa shape index (κ3) is 4.79. The van der Waals surface area contributed by atoms with Gasteiger partial charge in [0.25, 0.3) is 5.91 Å². The second-order valence-corrected chi connectivity index (χ2v) is 9.43. The molecule has 1 aliphatic carbocycles. The number of primary amides is 1. The topological polar surface area (TPSA) is 78.7 Å². The molecule has 2 aromatic rings. The van der Waals surface area contributed by atoms with E-state index in [0.29, 0.717) is 23.5 Å². The molecule has 160 valence electrons. The molecule has 8 heteroatoms. The Kier molecular flexibility index (Phi) is 6.61. The summed E-state index contributed by atoms with van der Waals surface area (Å²) < 4.78 is 0. The van der Waals surface area contributed by atoms with E-state index in [9.17, 15) is 9.59 Å². The molecule has 2 aliphatic rings. The van der Waals surface area contributed by atoms with Crippen LogP contribution in [-0.2, 0) is 17.6 Å². The van der Waals surface area contributed by atoms with Gasteiger partial charge in [-0.15, -0.1) is 11.3 Å². The lowest BCUT2D eigenvalue weighted by Crippen LogP contribution is -2.47. The second-order valence-electron chi connectivity index (χ2n) is 7.89. The monoisotopic (exact) mass is 446 g/mol. The Morgan fingerprint density at radius 3 is 2.63 bits per heavy atom. The van der Waals surface area contributed by atoms with E-state index in [1.165, 1.54) is 16.2 Å². The van der Waals surface area contributed by atoms with Crippen molar-refractivity contribution < 1.29 is 9.59 Å². The van der Waals surface area contributed by atoms with Crippen LogP contribution in [0.4, 0.5) is 10.7 Å². The van der Waals surface area contributed by atoms with Gasteiger partial charge in [-0.2, -0.15) is 0 Å². The van der Waals surface area contributed by atoms with Gasteiger partial charge in [-0.05, 0) is 49.4 Å². The van der Waals surface area contributed by atoms with Gasteiger partial charge in [0.1, 0.15) is 5.00 Å². The standard InChI is InChI=1S/C22H27ClN4O2S/c23-15-4-3-5-16(14-15)27-12-10-26(11-13-27)9-8-19(28)25-22-20(21(24)29)17-6-1-2-7-18(17)30-22/h3-5,14H,1-2,6-13H2,(H2,24,29)(H,25,28). The number of piperazine rings is 1. The molecule has 1 fully saturated rings. The van der Waals surface area contributed by atoms with Gasteiger partial charge in [0, 0.05) is 54.7 Å². The first-order chi connectivity index (χ1) is 14.5. The number of fused-ring (bicyclic) bond motifs is 1. The average molecular weight is 447 g/mol. The van der Waals surface area contributed by atoms with Crippen molar-refractivity contribution in [2.24, 2.45) is 5.73 Å². The lowest BCUT2D eigenvalue weighted by atomic mass is 9.95. The van der Waals surface area contributed by atoms with E-state index in [-0.39, 0.29) is 5.91 Å². The number of hydrogen-bond acceptors (Lipinski definition) is 5.